The summed E-state index contributed by atoms with van der Waals surface area (Å²) in [5, 5.41) is 0. The van der Waals surface area contributed by atoms with Crippen molar-refractivity contribution in [3.05, 3.63) is 23.9 Å². The molecule has 0 bridgehead atoms. The molecule has 2 aliphatic rings. The standard InChI is InChI=1S/C18H24N2O7S/c1-25-16-5-4-13(9-19-16)18(22)27-11-17(21)20(10-15-3-2-7-26-15)14-6-8-28(23,24)12-14/h4-5,9,14-15H,2-3,6-8,10-12H2,1H3. The van der Waals surface area contributed by atoms with Crippen LogP contribution in [-0.2, 0) is 24.1 Å². The number of aromatic nitrogens is 1. The van der Waals surface area contributed by atoms with E-state index < -0.39 is 34.4 Å². The molecule has 1 amide bonds. The van der Waals surface area contributed by atoms with E-state index in [0.29, 0.717) is 25.5 Å². The van der Waals surface area contributed by atoms with E-state index in [9.17, 15) is 18.0 Å². The molecule has 2 atom stereocenters. The summed E-state index contributed by atoms with van der Waals surface area (Å²) in [6.07, 6.45) is 3.31. The average molecular weight is 412 g/mol. The van der Waals surface area contributed by atoms with Gasteiger partial charge in [-0.1, -0.05) is 0 Å². The Kier molecular flexibility index (Phi) is 6.50. The summed E-state index contributed by atoms with van der Waals surface area (Å²) in [6, 6.07) is 2.60. The molecular weight excluding hydrogens is 388 g/mol. The fraction of sp³-hybridized carbons (Fsp3) is 0.611. The molecule has 3 rings (SSSR count). The first-order valence-corrected chi connectivity index (χ1v) is 11.0. The van der Waals surface area contributed by atoms with E-state index in [1.54, 1.807) is 0 Å². The summed E-state index contributed by atoms with van der Waals surface area (Å²) in [6.45, 7) is 0.476. The molecule has 0 spiro atoms. The molecule has 9 nitrogen and oxygen atoms in total. The minimum absolute atomic E-state index is 0.0598. The number of nitrogens with zero attached hydrogens (tertiary/aromatic N) is 2. The minimum atomic E-state index is -3.15. The summed E-state index contributed by atoms with van der Waals surface area (Å²) in [7, 11) is -1.69. The van der Waals surface area contributed by atoms with E-state index in [4.69, 9.17) is 14.2 Å². The quantitative estimate of drug-likeness (QED) is 0.593. The van der Waals surface area contributed by atoms with Crippen LogP contribution in [0.15, 0.2) is 18.3 Å². The third-order valence-corrected chi connectivity index (χ3v) is 6.65. The second-order valence-electron chi connectivity index (χ2n) is 6.90. The van der Waals surface area contributed by atoms with Gasteiger partial charge in [-0.05, 0) is 25.3 Å². The zero-order valence-electron chi connectivity index (χ0n) is 15.7. The first-order chi connectivity index (χ1) is 13.4. The molecule has 10 heteroatoms. The van der Waals surface area contributed by atoms with Gasteiger partial charge < -0.3 is 19.1 Å². The van der Waals surface area contributed by atoms with Gasteiger partial charge in [-0.25, -0.2) is 18.2 Å². The molecule has 0 saturated carbocycles. The zero-order valence-corrected chi connectivity index (χ0v) is 16.5. The van der Waals surface area contributed by atoms with Crippen molar-refractivity contribution in [3.8, 4) is 5.88 Å². The highest BCUT2D eigenvalue weighted by Crippen LogP contribution is 2.21. The summed E-state index contributed by atoms with van der Waals surface area (Å²) < 4.78 is 39.3. The first kappa shape index (κ1) is 20.5. The van der Waals surface area contributed by atoms with E-state index in [0.717, 1.165) is 12.8 Å². The van der Waals surface area contributed by atoms with Crippen LogP contribution in [0.4, 0.5) is 0 Å². The fourth-order valence-electron chi connectivity index (χ4n) is 3.40. The van der Waals surface area contributed by atoms with Crippen LogP contribution in [0, 0.1) is 0 Å². The predicted octanol–water partition coefficient (Wildman–Crippen LogP) is 0.442. The number of esters is 1. The minimum Gasteiger partial charge on any atom is -0.481 e. The van der Waals surface area contributed by atoms with Gasteiger partial charge in [0.15, 0.2) is 16.4 Å². The van der Waals surface area contributed by atoms with Crippen molar-refractivity contribution in [1.29, 1.82) is 0 Å². The Bertz CT molecular complexity index is 804. The molecule has 1 aromatic heterocycles. The number of carbonyl (C=O) groups is 2. The van der Waals surface area contributed by atoms with E-state index in [2.05, 4.69) is 4.98 Å². The molecule has 2 fully saturated rings. The topological polar surface area (TPSA) is 112 Å². The molecule has 0 aliphatic carbocycles. The molecule has 1 aromatic rings. The number of hydrogen-bond acceptors (Lipinski definition) is 8. The van der Waals surface area contributed by atoms with E-state index >= 15 is 0 Å². The zero-order chi connectivity index (χ0) is 20.1. The lowest BCUT2D eigenvalue weighted by molar-refractivity contribution is -0.138. The Morgan fingerprint density at radius 2 is 2.14 bits per heavy atom. The molecule has 2 unspecified atom stereocenters. The van der Waals surface area contributed by atoms with Crippen LogP contribution >= 0.6 is 0 Å². The van der Waals surface area contributed by atoms with Crippen LogP contribution < -0.4 is 4.74 Å². The number of pyridine rings is 1. The van der Waals surface area contributed by atoms with Crippen LogP contribution in [0.25, 0.3) is 0 Å². The van der Waals surface area contributed by atoms with Gasteiger partial charge in [-0.3, -0.25) is 4.79 Å². The Balaban J connectivity index is 1.62. The first-order valence-electron chi connectivity index (χ1n) is 9.16. The second-order valence-corrected chi connectivity index (χ2v) is 9.13. The van der Waals surface area contributed by atoms with Crippen LogP contribution in [0.2, 0.25) is 0 Å². The number of ether oxygens (including phenoxy) is 3. The largest absolute Gasteiger partial charge is 0.481 e. The smallest absolute Gasteiger partial charge is 0.340 e. The van der Waals surface area contributed by atoms with Gasteiger partial charge in [0.2, 0.25) is 5.88 Å². The summed E-state index contributed by atoms with van der Waals surface area (Å²) in [5.41, 5.74) is 0.197. The second kappa shape index (κ2) is 8.87. The highest BCUT2D eigenvalue weighted by Gasteiger charge is 2.36. The maximum Gasteiger partial charge on any atom is 0.340 e. The Morgan fingerprint density at radius 1 is 1.32 bits per heavy atom. The van der Waals surface area contributed by atoms with Crippen molar-refractivity contribution in [2.24, 2.45) is 0 Å². The lowest BCUT2D eigenvalue weighted by Gasteiger charge is -2.30. The van der Waals surface area contributed by atoms with Gasteiger partial charge in [-0.15, -0.1) is 0 Å². The maximum atomic E-state index is 12.7. The Hall–Kier alpha value is -2.20. The lowest BCUT2D eigenvalue weighted by Crippen LogP contribution is -2.47. The van der Waals surface area contributed by atoms with Crippen LogP contribution in [0.1, 0.15) is 29.6 Å². The van der Waals surface area contributed by atoms with Crippen LogP contribution in [0.5, 0.6) is 5.88 Å². The van der Waals surface area contributed by atoms with Crippen molar-refractivity contribution in [2.45, 2.75) is 31.4 Å². The summed E-state index contributed by atoms with van der Waals surface area (Å²) >= 11 is 0. The predicted molar refractivity (Wildman–Crippen MR) is 98.8 cm³/mol. The van der Waals surface area contributed by atoms with Gasteiger partial charge in [0, 0.05) is 31.5 Å². The van der Waals surface area contributed by atoms with Gasteiger partial charge in [0.05, 0.1) is 30.3 Å². The monoisotopic (exact) mass is 412 g/mol. The van der Waals surface area contributed by atoms with Gasteiger partial charge in [0.25, 0.3) is 5.91 Å². The average Bonchev–Trinajstić information content (AvgIpc) is 3.33. The SMILES string of the molecule is COc1ccc(C(=O)OCC(=O)N(CC2CCCO2)C2CCS(=O)(=O)C2)cn1. The third-order valence-electron chi connectivity index (χ3n) is 4.90. The van der Waals surface area contributed by atoms with Gasteiger partial charge >= 0.3 is 5.97 Å². The number of sulfone groups is 1. The van der Waals surface area contributed by atoms with Crippen molar-refractivity contribution < 1.29 is 32.2 Å². The number of rotatable bonds is 7. The fourth-order valence-corrected chi connectivity index (χ4v) is 5.13. The number of carbonyl (C=O) groups excluding carboxylic acids is 2. The number of hydrogen-bond donors (Lipinski definition) is 0. The van der Waals surface area contributed by atoms with E-state index in [-0.39, 0.29) is 23.2 Å². The molecule has 2 aliphatic heterocycles. The maximum absolute atomic E-state index is 12.7. The normalized spacial score (nSPS) is 23.3. The van der Waals surface area contributed by atoms with Crippen molar-refractivity contribution in [3.63, 3.8) is 0 Å². The molecule has 2 saturated heterocycles. The summed E-state index contributed by atoms with van der Waals surface area (Å²) in [5.74, 6) is -0.753. The van der Waals surface area contributed by atoms with Crippen LogP contribution in [-0.4, -0.2) is 80.7 Å². The third kappa shape index (κ3) is 5.20. The van der Waals surface area contributed by atoms with Crippen LogP contribution in [0.3, 0.4) is 0 Å². The molecule has 3 heterocycles. The van der Waals surface area contributed by atoms with Gasteiger partial charge in [-0.2, -0.15) is 0 Å². The highest BCUT2D eigenvalue weighted by molar-refractivity contribution is 7.91. The van der Waals surface area contributed by atoms with Gasteiger partial charge in [0.1, 0.15) is 0 Å². The molecule has 0 aromatic carbocycles. The summed E-state index contributed by atoms with van der Waals surface area (Å²) in [4.78, 5) is 30.3. The molecule has 28 heavy (non-hydrogen) atoms. The van der Waals surface area contributed by atoms with Crippen molar-refractivity contribution >= 4 is 21.7 Å². The molecular formula is C18H24N2O7S. The van der Waals surface area contributed by atoms with E-state index in [1.807, 2.05) is 0 Å². The molecule has 154 valence electrons. The Morgan fingerprint density at radius 3 is 2.71 bits per heavy atom. The molecule has 0 radical (unpaired) electrons. The molecule has 0 N–H and O–H groups in total. The van der Waals surface area contributed by atoms with E-state index in [1.165, 1.54) is 30.3 Å². The van der Waals surface area contributed by atoms with Crippen molar-refractivity contribution in [1.82, 2.24) is 9.88 Å². The number of methoxy groups -OCH3 is 1. The number of amides is 1. The Labute approximate surface area is 163 Å². The lowest BCUT2D eigenvalue weighted by atomic mass is 10.1. The highest BCUT2D eigenvalue weighted by atomic mass is 32.2. The van der Waals surface area contributed by atoms with Crippen molar-refractivity contribution in [2.75, 3.05) is 38.4 Å².